The summed E-state index contributed by atoms with van der Waals surface area (Å²) in [5, 5.41) is 0. The predicted molar refractivity (Wildman–Crippen MR) is 84.3 cm³/mol. The Morgan fingerprint density at radius 3 is 2.65 bits per heavy atom. The summed E-state index contributed by atoms with van der Waals surface area (Å²) < 4.78 is 0. The van der Waals surface area contributed by atoms with Crippen molar-refractivity contribution in [3.8, 4) is 0 Å². The summed E-state index contributed by atoms with van der Waals surface area (Å²) in [4.78, 5) is 35.0. The highest BCUT2D eigenvalue weighted by Crippen LogP contribution is 2.11. The number of amides is 2. The number of nitrogens with zero attached hydrogens (tertiary/aromatic N) is 2. The molecule has 1 aromatic carbocycles. The number of aromatic amines is 1. The standard InChI is InChI=1S/C16H15N5O2/c22-15(20-21-16(23)13-7-3-4-10-17-13)9-8-14-18-11-5-1-2-6-12(11)19-14/h1-7,10H,8-9H2,(H,18,19)(H,20,22)(H,21,23). The number of para-hydroxylation sites is 2. The van der Waals surface area contributed by atoms with Crippen LogP contribution in [-0.4, -0.2) is 26.8 Å². The van der Waals surface area contributed by atoms with Crippen molar-refractivity contribution < 1.29 is 9.59 Å². The maximum atomic E-state index is 11.8. The highest BCUT2D eigenvalue weighted by atomic mass is 16.2. The van der Waals surface area contributed by atoms with Gasteiger partial charge in [-0.1, -0.05) is 18.2 Å². The number of carbonyl (C=O) groups excluding carboxylic acids is 2. The van der Waals surface area contributed by atoms with Gasteiger partial charge in [0.2, 0.25) is 5.91 Å². The lowest BCUT2D eigenvalue weighted by Gasteiger charge is -2.06. The van der Waals surface area contributed by atoms with Gasteiger partial charge >= 0.3 is 0 Å². The van der Waals surface area contributed by atoms with Gasteiger partial charge in [-0.05, 0) is 24.3 Å². The highest BCUT2D eigenvalue weighted by Gasteiger charge is 2.09. The van der Waals surface area contributed by atoms with E-state index in [2.05, 4.69) is 25.8 Å². The molecule has 0 radical (unpaired) electrons. The van der Waals surface area contributed by atoms with Crippen LogP contribution in [0.1, 0.15) is 22.7 Å². The molecule has 0 bridgehead atoms. The zero-order valence-corrected chi connectivity index (χ0v) is 12.2. The van der Waals surface area contributed by atoms with Crippen LogP contribution in [0.4, 0.5) is 0 Å². The van der Waals surface area contributed by atoms with Gasteiger partial charge in [-0.3, -0.25) is 25.4 Å². The molecular formula is C16H15N5O2. The fraction of sp³-hybridized carbons (Fsp3) is 0.125. The topological polar surface area (TPSA) is 99.8 Å². The fourth-order valence-electron chi connectivity index (χ4n) is 2.11. The lowest BCUT2D eigenvalue weighted by molar-refractivity contribution is -0.121. The molecule has 0 unspecified atom stereocenters. The number of hydrazine groups is 1. The maximum absolute atomic E-state index is 11.8. The first-order chi connectivity index (χ1) is 11.2. The number of carbonyl (C=O) groups is 2. The third kappa shape index (κ3) is 3.70. The molecule has 2 aromatic heterocycles. The molecule has 7 heteroatoms. The molecule has 0 aliphatic carbocycles. The van der Waals surface area contributed by atoms with Crippen molar-refractivity contribution in [2.24, 2.45) is 0 Å². The molecule has 2 amide bonds. The van der Waals surface area contributed by atoms with Crippen LogP contribution in [0.15, 0.2) is 48.7 Å². The maximum Gasteiger partial charge on any atom is 0.288 e. The normalized spacial score (nSPS) is 10.4. The van der Waals surface area contributed by atoms with Crippen molar-refractivity contribution in [2.45, 2.75) is 12.8 Å². The summed E-state index contributed by atoms with van der Waals surface area (Å²) in [5.41, 5.74) is 6.74. The van der Waals surface area contributed by atoms with E-state index in [0.717, 1.165) is 16.9 Å². The molecule has 116 valence electrons. The van der Waals surface area contributed by atoms with Crippen molar-refractivity contribution in [3.63, 3.8) is 0 Å². The predicted octanol–water partition coefficient (Wildman–Crippen LogP) is 1.35. The lowest BCUT2D eigenvalue weighted by Crippen LogP contribution is -2.42. The first kappa shape index (κ1) is 14.7. The van der Waals surface area contributed by atoms with E-state index in [9.17, 15) is 9.59 Å². The Morgan fingerprint density at radius 1 is 1.04 bits per heavy atom. The summed E-state index contributed by atoms with van der Waals surface area (Å²) >= 11 is 0. The van der Waals surface area contributed by atoms with E-state index in [4.69, 9.17) is 0 Å². The number of hydrogen-bond acceptors (Lipinski definition) is 4. The van der Waals surface area contributed by atoms with Crippen LogP contribution >= 0.6 is 0 Å². The molecule has 7 nitrogen and oxygen atoms in total. The van der Waals surface area contributed by atoms with Crippen molar-refractivity contribution in [2.75, 3.05) is 0 Å². The SMILES string of the molecule is O=C(CCc1nc2ccccc2[nH]1)NNC(=O)c1ccccn1. The van der Waals surface area contributed by atoms with Crippen molar-refractivity contribution in [1.82, 2.24) is 25.8 Å². The van der Waals surface area contributed by atoms with Crippen LogP contribution in [0.25, 0.3) is 11.0 Å². The fourth-order valence-corrected chi connectivity index (χ4v) is 2.11. The summed E-state index contributed by atoms with van der Waals surface area (Å²) in [6.45, 7) is 0. The van der Waals surface area contributed by atoms with E-state index in [1.807, 2.05) is 24.3 Å². The Morgan fingerprint density at radius 2 is 1.87 bits per heavy atom. The lowest BCUT2D eigenvalue weighted by atomic mass is 10.3. The van der Waals surface area contributed by atoms with Crippen molar-refractivity contribution in [3.05, 3.63) is 60.2 Å². The molecule has 0 saturated carbocycles. The average Bonchev–Trinajstić information content (AvgIpc) is 3.01. The molecule has 2 heterocycles. The Hall–Kier alpha value is -3.22. The highest BCUT2D eigenvalue weighted by molar-refractivity contribution is 5.93. The number of aryl methyl sites for hydroxylation is 1. The quantitative estimate of drug-likeness (QED) is 0.633. The Balaban J connectivity index is 1.49. The molecule has 3 rings (SSSR count). The summed E-state index contributed by atoms with van der Waals surface area (Å²) in [7, 11) is 0. The van der Waals surface area contributed by atoms with Gasteiger partial charge in [-0.25, -0.2) is 4.98 Å². The van der Waals surface area contributed by atoms with Crippen LogP contribution in [0.2, 0.25) is 0 Å². The minimum Gasteiger partial charge on any atom is -0.342 e. The Kier molecular flexibility index (Phi) is 4.28. The summed E-state index contributed by atoms with van der Waals surface area (Å²) in [6.07, 6.45) is 2.18. The van der Waals surface area contributed by atoms with E-state index < -0.39 is 5.91 Å². The van der Waals surface area contributed by atoms with E-state index >= 15 is 0 Å². The van der Waals surface area contributed by atoms with Gasteiger partial charge in [-0.2, -0.15) is 0 Å². The first-order valence-corrected chi connectivity index (χ1v) is 7.16. The van der Waals surface area contributed by atoms with Crippen LogP contribution in [0.5, 0.6) is 0 Å². The number of benzene rings is 1. The number of pyridine rings is 1. The number of fused-ring (bicyclic) bond motifs is 1. The second-order valence-corrected chi connectivity index (χ2v) is 4.92. The van der Waals surface area contributed by atoms with E-state index in [1.165, 1.54) is 6.20 Å². The van der Waals surface area contributed by atoms with Gasteiger partial charge in [0.05, 0.1) is 11.0 Å². The van der Waals surface area contributed by atoms with E-state index in [-0.39, 0.29) is 18.0 Å². The van der Waals surface area contributed by atoms with Gasteiger partial charge in [0.25, 0.3) is 5.91 Å². The van der Waals surface area contributed by atoms with Gasteiger partial charge in [0.1, 0.15) is 11.5 Å². The number of aromatic nitrogens is 3. The van der Waals surface area contributed by atoms with Gasteiger partial charge < -0.3 is 4.98 Å². The molecule has 23 heavy (non-hydrogen) atoms. The monoisotopic (exact) mass is 309 g/mol. The summed E-state index contributed by atoms with van der Waals surface area (Å²) in [6, 6.07) is 12.6. The van der Waals surface area contributed by atoms with Gasteiger partial charge in [-0.15, -0.1) is 0 Å². The van der Waals surface area contributed by atoms with Crippen LogP contribution in [0, 0.1) is 0 Å². The van der Waals surface area contributed by atoms with Crippen molar-refractivity contribution in [1.29, 1.82) is 0 Å². The molecule has 0 saturated heterocycles. The third-order valence-corrected chi connectivity index (χ3v) is 3.24. The van der Waals surface area contributed by atoms with Gasteiger partial charge in [0.15, 0.2) is 0 Å². The number of nitrogens with one attached hydrogen (secondary N) is 3. The zero-order valence-electron chi connectivity index (χ0n) is 12.2. The first-order valence-electron chi connectivity index (χ1n) is 7.16. The smallest absolute Gasteiger partial charge is 0.288 e. The Bertz CT molecular complexity index is 796. The largest absolute Gasteiger partial charge is 0.342 e. The number of hydrogen-bond donors (Lipinski definition) is 3. The molecule has 0 spiro atoms. The van der Waals surface area contributed by atoms with Gasteiger partial charge in [0, 0.05) is 19.0 Å². The van der Waals surface area contributed by atoms with Crippen molar-refractivity contribution >= 4 is 22.8 Å². The molecule has 0 fully saturated rings. The van der Waals surface area contributed by atoms with E-state index in [1.54, 1.807) is 18.2 Å². The molecular weight excluding hydrogens is 294 g/mol. The second-order valence-electron chi connectivity index (χ2n) is 4.92. The number of rotatable bonds is 4. The van der Waals surface area contributed by atoms with Crippen LogP contribution in [-0.2, 0) is 11.2 Å². The molecule has 0 aliphatic rings. The Labute approximate surface area is 132 Å². The van der Waals surface area contributed by atoms with Crippen LogP contribution < -0.4 is 10.9 Å². The average molecular weight is 309 g/mol. The molecule has 3 aromatic rings. The zero-order chi connectivity index (χ0) is 16.1. The molecule has 3 N–H and O–H groups in total. The minimum absolute atomic E-state index is 0.211. The molecule has 0 aliphatic heterocycles. The molecule has 0 atom stereocenters. The second kappa shape index (κ2) is 6.69. The van der Waals surface area contributed by atoms with Crippen LogP contribution in [0.3, 0.4) is 0 Å². The number of imidazole rings is 1. The third-order valence-electron chi connectivity index (χ3n) is 3.24. The summed E-state index contributed by atoms with van der Waals surface area (Å²) in [5.74, 6) is -0.0187. The van der Waals surface area contributed by atoms with E-state index in [0.29, 0.717) is 6.42 Å². The number of H-pyrrole nitrogens is 1. The minimum atomic E-state index is -0.456.